The summed E-state index contributed by atoms with van der Waals surface area (Å²) in [5, 5.41) is 0. The van der Waals surface area contributed by atoms with Gasteiger partial charge in [0.15, 0.2) is 17.8 Å². The Balaban J connectivity index is 2.21. The Morgan fingerprint density at radius 1 is 1.37 bits per heavy atom. The highest BCUT2D eigenvalue weighted by atomic mass is 16.3. The SMILES string of the molecule is [C-]#[N+]c1ccc(-c2ocnc2CN(C)CCN)cc1. The second kappa shape index (κ2) is 6.14. The first-order valence-electron chi connectivity index (χ1n) is 6.03. The number of aromatic nitrogens is 1. The minimum atomic E-state index is 0.614. The molecule has 2 aromatic rings. The van der Waals surface area contributed by atoms with E-state index in [9.17, 15) is 0 Å². The van der Waals surface area contributed by atoms with E-state index in [1.54, 1.807) is 12.1 Å². The molecule has 2 N–H and O–H groups in total. The Hall–Kier alpha value is -2.16. The van der Waals surface area contributed by atoms with E-state index >= 15 is 0 Å². The van der Waals surface area contributed by atoms with Crippen LogP contribution in [0.2, 0.25) is 0 Å². The highest BCUT2D eigenvalue weighted by Crippen LogP contribution is 2.26. The molecule has 1 aromatic heterocycles. The molecule has 0 fully saturated rings. The minimum absolute atomic E-state index is 0.614. The van der Waals surface area contributed by atoms with Gasteiger partial charge in [0.2, 0.25) is 0 Å². The summed E-state index contributed by atoms with van der Waals surface area (Å²) in [6.07, 6.45) is 1.45. The second-order valence-electron chi connectivity index (χ2n) is 4.31. The van der Waals surface area contributed by atoms with Crippen LogP contribution in [0, 0.1) is 6.57 Å². The van der Waals surface area contributed by atoms with Crippen LogP contribution in [0.25, 0.3) is 16.2 Å². The Morgan fingerprint density at radius 2 is 2.11 bits per heavy atom. The molecule has 19 heavy (non-hydrogen) atoms. The number of likely N-dealkylation sites (N-methyl/N-ethyl adjacent to an activating group) is 1. The Bertz CT molecular complexity index is 568. The molecule has 5 nitrogen and oxygen atoms in total. The van der Waals surface area contributed by atoms with E-state index in [1.807, 2.05) is 19.2 Å². The highest BCUT2D eigenvalue weighted by molar-refractivity contribution is 5.63. The third kappa shape index (κ3) is 3.19. The number of oxazole rings is 1. The zero-order valence-electron chi connectivity index (χ0n) is 10.8. The fraction of sp³-hybridized carbons (Fsp3) is 0.286. The van der Waals surface area contributed by atoms with Gasteiger partial charge in [0.25, 0.3) is 0 Å². The van der Waals surface area contributed by atoms with Crippen LogP contribution in [-0.2, 0) is 6.54 Å². The molecule has 0 atom stereocenters. The van der Waals surface area contributed by atoms with Crippen LogP contribution in [0.15, 0.2) is 35.1 Å². The first kappa shape index (κ1) is 13.3. The summed E-state index contributed by atoms with van der Waals surface area (Å²) < 4.78 is 5.46. The van der Waals surface area contributed by atoms with Crippen LogP contribution >= 0.6 is 0 Å². The van der Waals surface area contributed by atoms with Gasteiger partial charge < -0.3 is 10.2 Å². The lowest BCUT2D eigenvalue weighted by Gasteiger charge is -2.14. The van der Waals surface area contributed by atoms with E-state index < -0.39 is 0 Å². The maximum atomic E-state index is 6.94. The molecule has 0 spiro atoms. The third-order valence-corrected chi connectivity index (χ3v) is 2.83. The zero-order valence-corrected chi connectivity index (χ0v) is 10.8. The van der Waals surface area contributed by atoms with E-state index in [0.29, 0.717) is 18.8 Å². The van der Waals surface area contributed by atoms with Crippen LogP contribution in [-0.4, -0.2) is 30.0 Å². The van der Waals surface area contributed by atoms with E-state index in [0.717, 1.165) is 23.6 Å². The normalized spacial score (nSPS) is 10.6. The van der Waals surface area contributed by atoms with Gasteiger partial charge in [0.05, 0.1) is 6.57 Å². The number of nitrogens with zero attached hydrogens (tertiary/aromatic N) is 3. The lowest BCUT2D eigenvalue weighted by molar-refractivity contribution is 0.332. The Morgan fingerprint density at radius 3 is 2.74 bits per heavy atom. The molecule has 0 aliphatic heterocycles. The summed E-state index contributed by atoms with van der Waals surface area (Å²) in [4.78, 5) is 9.71. The minimum Gasteiger partial charge on any atom is -0.443 e. The number of hydrogen-bond acceptors (Lipinski definition) is 4. The van der Waals surface area contributed by atoms with Gasteiger partial charge in [-0.05, 0) is 7.05 Å². The van der Waals surface area contributed by atoms with Crippen molar-refractivity contribution in [1.82, 2.24) is 9.88 Å². The summed E-state index contributed by atoms with van der Waals surface area (Å²) in [5.41, 5.74) is 7.95. The van der Waals surface area contributed by atoms with Gasteiger partial charge >= 0.3 is 0 Å². The number of benzene rings is 1. The monoisotopic (exact) mass is 256 g/mol. The van der Waals surface area contributed by atoms with Gasteiger partial charge in [-0.15, -0.1) is 0 Å². The van der Waals surface area contributed by atoms with Gasteiger partial charge in [-0.3, -0.25) is 4.90 Å². The van der Waals surface area contributed by atoms with Crippen LogP contribution in [0.1, 0.15) is 5.69 Å². The molecule has 0 unspecified atom stereocenters. The molecule has 0 saturated carbocycles. The van der Waals surface area contributed by atoms with E-state index in [2.05, 4.69) is 14.7 Å². The van der Waals surface area contributed by atoms with Crippen molar-refractivity contribution in [2.24, 2.45) is 5.73 Å². The van der Waals surface area contributed by atoms with Crippen LogP contribution in [0.5, 0.6) is 0 Å². The van der Waals surface area contributed by atoms with Crippen molar-refractivity contribution < 1.29 is 4.42 Å². The molecule has 0 radical (unpaired) electrons. The van der Waals surface area contributed by atoms with Crippen molar-refractivity contribution >= 4 is 5.69 Å². The summed E-state index contributed by atoms with van der Waals surface area (Å²) >= 11 is 0. The standard InChI is InChI=1S/C14H16N4O/c1-16-12-5-3-11(4-6-12)14-13(17-10-19-14)9-18(2)8-7-15/h3-6,10H,7-9,15H2,2H3. The van der Waals surface area contributed by atoms with Crippen LogP contribution in [0.3, 0.4) is 0 Å². The molecule has 1 aromatic carbocycles. The molecule has 0 aliphatic rings. The van der Waals surface area contributed by atoms with Crippen LogP contribution < -0.4 is 5.73 Å². The van der Waals surface area contributed by atoms with Crippen LogP contribution in [0.4, 0.5) is 5.69 Å². The van der Waals surface area contributed by atoms with Crippen molar-refractivity contribution in [2.45, 2.75) is 6.54 Å². The predicted octanol–water partition coefficient (Wildman–Crippen LogP) is 2.28. The molecular formula is C14H16N4O. The summed E-state index contributed by atoms with van der Waals surface area (Å²) in [7, 11) is 1.99. The maximum Gasteiger partial charge on any atom is 0.187 e. The Labute approximate surface area is 112 Å². The van der Waals surface area contributed by atoms with Crippen molar-refractivity contribution in [2.75, 3.05) is 20.1 Å². The third-order valence-electron chi connectivity index (χ3n) is 2.83. The molecule has 5 heteroatoms. The van der Waals surface area contributed by atoms with Gasteiger partial charge in [-0.25, -0.2) is 9.83 Å². The summed E-state index contributed by atoms with van der Waals surface area (Å²) in [6, 6.07) is 7.30. The lowest BCUT2D eigenvalue weighted by atomic mass is 10.1. The molecule has 0 saturated heterocycles. The topological polar surface area (TPSA) is 59.7 Å². The molecular weight excluding hydrogens is 240 g/mol. The largest absolute Gasteiger partial charge is 0.443 e. The fourth-order valence-electron chi connectivity index (χ4n) is 1.86. The zero-order chi connectivity index (χ0) is 13.7. The average Bonchev–Trinajstić information content (AvgIpc) is 2.87. The van der Waals surface area contributed by atoms with Crippen molar-refractivity contribution in [3.05, 3.63) is 47.8 Å². The molecule has 2 rings (SSSR count). The average molecular weight is 256 g/mol. The lowest BCUT2D eigenvalue weighted by Crippen LogP contribution is -2.25. The van der Waals surface area contributed by atoms with Gasteiger partial charge in [-0.1, -0.05) is 24.3 Å². The molecule has 0 bridgehead atoms. The van der Waals surface area contributed by atoms with Crippen molar-refractivity contribution in [3.8, 4) is 11.3 Å². The summed E-state index contributed by atoms with van der Waals surface area (Å²) in [5.74, 6) is 0.750. The number of hydrogen-bond donors (Lipinski definition) is 1. The molecule has 1 heterocycles. The Kier molecular flexibility index (Phi) is 4.29. The molecule has 0 aliphatic carbocycles. The summed E-state index contributed by atoms with van der Waals surface area (Å²) in [6.45, 7) is 9.05. The van der Waals surface area contributed by atoms with E-state index in [4.69, 9.17) is 16.7 Å². The van der Waals surface area contributed by atoms with E-state index in [-0.39, 0.29) is 0 Å². The number of rotatable bonds is 5. The maximum absolute atomic E-state index is 6.94. The van der Waals surface area contributed by atoms with Gasteiger partial charge in [0, 0.05) is 25.2 Å². The van der Waals surface area contributed by atoms with Crippen molar-refractivity contribution in [1.29, 1.82) is 0 Å². The number of nitrogens with two attached hydrogens (primary N) is 1. The fourth-order valence-corrected chi connectivity index (χ4v) is 1.86. The molecule has 0 amide bonds. The first-order chi connectivity index (χ1) is 9.24. The first-order valence-corrected chi connectivity index (χ1v) is 6.03. The van der Waals surface area contributed by atoms with Gasteiger partial charge in [0.1, 0.15) is 5.69 Å². The van der Waals surface area contributed by atoms with Gasteiger partial charge in [-0.2, -0.15) is 0 Å². The highest BCUT2D eigenvalue weighted by Gasteiger charge is 2.12. The smallest absolute Gasteiger partial charge is 0.187 e. The predicted molar refractivity (Wildman–Crippen MR) is 73.6 cm³/mol. The van der Waals surface area contributed by atoms with Crippen molar-refractivity contribution in [3.63, 3.8) is 0 Å². The quantitative estimate of drug-likeness (QED) is 0.834. The second-order valence-corrected chi connectivity index (χ2v) is 4.31. The molecule has 98 valence electrons. The van der Waals surface area contributed by atoms with E-state index in [1.165, 1.54) is 6.39 Å².